The Bertz CT molecular complexity index is 1130. The molecule has 2 aromatic carbocycles. The first-order valence-corrected chi connectivity index (χ1v) is 12.6. The van der Waals surface area contributed by atoms with E-state index in [0.717, 1.165) is 36.8 Å². The van der Waals surface area contributed by atoms with E-state index in [1.54, 1.807) is 0 Å². The highest BCUT2D eigenvalue weighted by atomic mass is 16.5. The first kappa shape index (κ1) is 22.1. The molecule has 182 valence electrons. The van der Waals surface area contributed by atoms with Crippen LogP contribution in [0.25, 0.3) is 11.1 Å². The molecule has 2 aliphatic carbocycles. The fourth-order valence-electron chi connectivity index (χ4n) is 6.51. The maximum atomic E-state index is 13.2. The number of fused-ring (bicyclic) bond motifs is 5. The Morgan fingerprint density at radius 1 is 0.943 bits per heavy atom. The number of amides is 2. The minimum atomic E-state index is -0.760. The summed E-state index contributed by atoms with van der Waals surface area (Å²) in [5.41, 5.74) is 4.16. The van der Waals surface area contributed by atoms with Gasteiger partial charge in [-0.25, -0.2) is 4.79 Å². The maximum Gasteiger partial charge on any atom is 0.407 e. The van der Waals surface area contributed by atoms with Crippen LogP contribution in [0.15, 0.2) is 48.5 Å². The molecule has 2 bridgehead atoms. The number of carbonyl (C=O) groups is 3. The summed E-state index contributed by atoms with van der Waals surface area (Å²) in [7, 11) is 0. The molecular formula is C28H30N2O5. The van der Waals surface area contributed by atoms with Crippen molar-refractivity contribution in [1.29, 1.82) is 0 Å². The number of benzene rings is 2. The Morgan fingerprint density at radius 2 is 1.51 bits per heavy atom. The lowest BCUT2D eigenvalue weighted by atomic mass is 9.90. The van der Waals surface area contributed by atoms with Crippen LogP contribution in [-0.4, -0.2) is 52.2 Å². The zero-order chi connectivity index (χ0) is 24.2. The van der Waals surface area contributed by atoms with Crippen LogP contribution >= 0.6 is 0 Å². The maximum absolute atomic E-state index is 13.2. The second-order valence-electron chi connectivity index (χ2n) is 10.6. The molecule has 2 N–H and O–H groups in total. The number of piperidine rings is 1. The minimum absolute atomic E-state index is 0.00362. The Labute approximate surface area is 204 Å². The van der Waals surface area contributed by atoms with Crippen molar-refractivity contribution in [3.8, 4) is 11.1 Å². The van der Waals surface area contributed by atoms with Crippen molar-refractivity contribution in [2.24, 2.45) is 5.92 Å². The lowest BCUT2D eigenvalue weighted by Crippen LogP contribution is -2.50. The average molecular weight is 475 g/mol. The lowest BCUT2D eigenvalue weighted by molar-refractivity contribution is -0.148. The molecule has 2 atom stereocenters. The van der Waals surface area contributed by atoms with Crippen molar-refractivity contribution in [3.63, 3.8) is 0 Å². The second-order valence-corrected chi connectivity index (χ2v) is 10.6. The molecule has 2 aliphatic heterocycles. The molecule has 2 saturated heterocycles. The Balaban J connectivity index is 1.07. The van der Waals surface area contributed by atoms with Crippen molar-refractivity contribution >= 4 is 18.0 Å². The highest BCUT2D eigenvalue weighted by Gasteiger charge is 2.51. The number of carboxylic acids is 1. The summed E-state index contributed by atoms with van der Waals surface area (Å²) in [6.45, 7) is 0.247. The largest absolute Gasteiger partial charge is 0.481 e. The fourth-order valence-corrected chi connectivity index (χ4v) is 6.51. The highest BCUT2D eigenvalue weighted by Crippen LogP contribution is 2.45. The van der Waals surface area contributed by atoms with E-state index in [2.05, 4.69) is 29.6 Å². The van der Waals surface area contributed by atoms with Crippen LogP contribution in [0.3, 0.4) is 0 Å². The standard InChI is InChI=1S/C28H30N2O5/c31-25(30-18-9-10-19(30)14-17(13-18)26(32)33)15-28(11-12-28)29-27(34)35-16-24-22-7-3-1-5-20(22)21-6-2-4-8-23(21)24/h1-8,17-19,24H,9-16H2,(H,29,34)(H,32,33). The van der Waals surface area contributed by atoms with E-state index in [9.17, 15) is 19.5 Å². The van der Waals surface area contributed by atoms with Crippen LogP contribution in [-0.2, 0) is 14.3 Å². The summed E-state index contributed by atoms with van der Waals surface area (Å²) in [4.78, 5) is 39.3. The number of nitrogens with one attached hydrogen (secondary N) is 1. The van der Waals surface area contributed by atoms with E-state index >= 15 is 0 Å². The zero-order valence-electron chi connectivity index (χ0n) is 19.6. The van der Waals surface area contributed by atoms with Crippen molar-refractivity contribution in [3.05, 3.63) is 59.7 Å². The first-order chi connectivity index (χ1) is 16.9. The van der Waals surface area contributed by atoms with E-state index in [1.165, 1.54) is 11.1 Å². The first-order valence-electron chi connectivity index (χ1n) is 12.6. The van der Waals surface area contributed by atoms with Crippen LogP contribution in [0.2, 0.25) is 0 Å². The van der Waals surface area contributed by atoms with Crippen molar-refractivity contribution < 1.29 is 24.2 Å². The zero-order valence-corrected chi connectivity index (χ0v) is 19.6. The third-order valence-corrected chi connectivity index (χ3v) is 8.42. The Kier molecular flexibility index (Phi) is 5.31. The van der Waals surface area contributed by atoms with Gasteiger partial charge in [0.1, 0.15) is 6.61 Å². The number of carboxylic acid groups (broad SMARTS) is 1. The van der Waals surface area contributed by atoms with Gasteiger partial charge in [0, 0.05) is 18.0 Å². The molecule has 2 unspecified atom stereocenters. The van der Waals surface area contributed by atoms with Gasteiger partial charge in [0.2, 0.25) is 5.91 Å². The molecule has 2 heterocycles. The molecule has 2 aromatic rings. The number of nitrogens with zero attached hydrogens (tertiary/aromatic N) is 1. The summed E-state index contributed by atoms with van der Waals surface area (Å²) >= 11 is 0. The van der Waals surface area contributed by atoms with Gasteiger partial charge in [-0.3, -0.25) is 9.59 Å². The second kappa shape index (κ2) is 8.40. The summed E-state index contributed by atoms with van der Waals surface area (Å²) in [6.07, 6.45) is 4.08. The summed E-state index contributed by atoms with van der Waals surface area (Å²) < 4.78 is 5.70. The van der Waals surface area contributed by atoms with Crippen LogP contribution in [0.1, 0.15) is 62.0 Å². The van der Waals surface area contributed by atoms with E-state index in [-0.39, 0.29) is 42.9 Å². The van der Waals surface area contributed by atoms with Gasteiger partial charge >= 0.3 is 12.1 Å². The predicted molar refractivity (Wildman–Crippen MR) is 129 cm³/mol. The fraction of sp³-hybridized carbons (Fsp3) is 0.464. The molecule has 3 fully saturated rings. The number of hydrogen-bond acceptors (Lipinski definition) is 4. The smallest absolute Gasteiger partial charge is 0.407 e. The number of carbonyl (C=O) groups excluding carboxylic acids is 2. The minimum Gasteiger partial charge on any atom is -0.481 e. The molecule has 7 nitrogen and oxygen atoms in total. The predicted octanol–water partition coefficient (Wildman–Crippen LogP) is 4.30. The summed E-state index contributed by atoms with van der Waals surface area (Å²) in [5.74, 6) is -1.09. The SMILES string of the molecule is O=C(NC1(CC(=O)N2C3CCC2CC(C(=O)O)C3)CC1)OCC1c2ccccc2-c2ccccc21. The van der Waals surface area contributed by atoms with E-state index in [0.29, 0.717) is 12.8 Å². The highest BCUT2D eigenvalue weighted by molar-refractivity contribution is 5.82. The molecular weight excluding hydrogens is 444 g/mol. The summed E-state index contributed by atoms with van der Waals surface area (Å²) in [5, 5.41) is 12.4. The lowest BCUT2D eigenvalue weighted by Gasteiger charge is -2.38. The molecule has 7 heteroatoms. The van der Waals surface area contributed by atoms with E-state index in [4.69, 9.17) is 4.74 Å². The van der Waals surface area contributed by atoms with E-state index in [1.807, 2.05) is 29.2 Å². The van der Waals surface area contributed by atoms with Gasteiger partial charge in [-0.05, 0) is 60.8 Å². The summed E-state index contributed by atoms with van der Waals surface area (Å²) in [6, 6.07) is 16.5. The van der Waals surface area contributed by atoms with Crippen molar-refractivity contribution in [2.75, 3.05) is 6.61 Å². The molecule has 0 aromatic heterocycles. The third-order valence-electron chi connectivity index (χ3n) is 8.42. The normalized spacial score (nSPS) is 25.5. The van der Waals surface area contributed by atoms with Crippen LogP contribution in [0.4, 0.5) is 4.79 Å². The number of aliphatic carboxylic acids is 1. The molecule has 2 amide bonds. The van der Waals surface area contributed by atoms with Gasteiger partial charge in [-0.15, -0.1) is 0 Å². The van der Waals surface area contributed by atoms with Gasteiger partial charge in [0.05, 0.1) is 17.9 Å². The van der Waals surface area contributed by atoms with Crippen molar-refractivity contribution in [1.82, 2.24) is 10.2 Å². The molecule has 0 radical (unpaired) electrons. The van der Waals surface area contributed by atoms with Crippen LogP contribution in [0.5, 0.6) is 0 Å². The molecule has 4 aliphatic rings. The van der Waals surface area contributed by atoms with Crippen molar-refractivity contribution in [2.45, 2.75) is 68.5 Å². The molecule has 35 heavy (non-hydrogen) atoms. The number of hydrogen-bond donors (Lipinski definition) is 2. The number of alkyl carbamates (subject to hydrolysis) is 1. The Hall–Kier alpha value is -3.35. The van der Waals surface area contributed by atoms with Crippen LogP contribution < -0.4 is 5.32 Å². The van der Waals surface area contributed by atoms with Gasteiger partial charge in [0.25, 0.3) is 0 Å². The number of rotatable bonds is 6. The Morgan fingerprint density at radius 3 is 2.06 bits per heavy atom. The number of ether oxygens (including phenoxy) is 1. The topological polar surface area (TPSA) is 95.9 Å². The van der Waals surface area contributed by atoms with Gasteiger partial charge in [-0.1, -0.05) is 48.5 Å². The molecule has 1 saturated carbocycles. The van der Waals surface area contributed by atoms with E-state index < -0.39 is 17.6 Å². The van der Waals surface area contributed by atoms with Gasteiger partial charge in [0.15, 0.2) is 0 Å². The molecule has 6 rings (SSSR count). The van der Waals surface area contributed by atoms with Gasteiger partial charge in [-0.2, -0.15) is 0 Å². The molecule has 0 spiro atoms. The third kappa shape index (κ3) is 3.97. The monoisotopic (exact) mass is 474 g/mol. The van der Waals surface area contributed by atoms with Gasteiger partial charge < -0.3 is 20.1 Å². The average Bonchev–Trinajstić information content (AvgIpc) is 3.44. The quantitative estimate of drug-likeness (QED) is 0.651. The van der Waals surface area contributed by atoms with Crippen LogP contribution in [0, 0.1) is 5.92 Å².